The number of carbonyl (C=O) groups is 1. The zero-order valence-electron chi connectivity index (χ0n) is 17.1. The Kier molecular flexibility index (Phi) is 5.69. The number of anilines is 1. The number of aromatic nitrogens is 2. The number of rotatable bonds is 4. The molecule has 3 heterocycles. The van der Waals surface area contributed by atoms with Gasteiger partial charge in [0.15, 0.2) is 17.5 Å². The van der Waals surface area contributed by atoms with E-state index in [1.165, 1.54) is 20.4 Å². The monoisotopic (exact) mass is 440 g/mol. The number of hydrogen-bond donors (Lipinski definition) is 1. The number of benzene rings is 1. The van der Waals surface area contributed by atoms with E-state index in [1.54, 1.807) is 23.1 Å². The van der Waals surface area contributed by atoms with Crippen molar-refractivity contribution in [3.63, 3.8) is 0 Å². The van der Waals surface area contributed by atoms with Crippen LogP contribution >= 0.6 is 0 Å². The summed E-state index contributed by atoms with van der Waals surface area (Å²) < 4.78 is 58.3. The lowest BCUT2D eigenvalue weighted by atomic mass is 9.96. The lowest BCUT2D eigenvalue weighted by molar-refractivity contribution is -0.173. The first-order valence-electron chi connectivity index (χ1n) is 9.83. The molecule has 0 saturated carbocycles. The van der Waals surface area contributed by atoms with Crippen LogP contribution in [0.25, 0.3) is 0 Å². The van der Waals surface area contributed by atoms with Crippen molar-refractivity contribution in [3.05, 3.63) is 35.5 Å². The number of carbonyl (C=O) groups excluding carboxylic acids is 1. The van der Waals surface area contributed by atoms with Crippen molar-refractivity contribution in [2.24, 2.45) is 0 Å². The molecule has 1 N–H and O–H groups in total. The van der Waals surface area contributed by atoms with Crippen molar-refractivity contribution >= 4 is 11.7 Å². The molecular formula is C20H23F3N4O4. The number of nitrogens with zero attached hydrogens (tertiary/aromatic N) is 3. The number of alkyl halides is 3. The average Bonchev–Trinajstić information content (AvgIpc) is 3.21. The Bertz CT molecular complexity index is 956. The fraction of sp³-hybridized carbons (Fsp3) is 0.500. The van der Waals surface area contributed by atoms with Crippen molar-refractivity contribution in [1.82, 2.24) is 14.7 Å². The van der Waals surface area contributed by atoms with Crippen LogP contribution in [0.5, 0.6) is 11.5 Å². The van der Waals surface area contributed by atoms with Crippen LogP contribution in [0.4, 0.5) is 19.0 Å². The summed E-state index contributed by atoms with van der Waals surface area (Å²) >= 11 is 0. The molecular weight excluding hydrogens is 417 g/mol. The number of halogens is 3. The van der Waals surface area contributed by atoms with Crippen LogP contribution in [0.3, 0.4) is 0 Å². The van der Waals surface area contributed by atoms with Crippen LogP contribution in [0.2, 0.25) is 0 Å². The van der Waals surface area contributed by atoms with Crippen LogP contribution in [0.15, 0.2) is 24.4 Å². The number of morpholine rings is 1. The molecule has 2 aliphatic rings. The van der Waals surface area contributed by atoms with Gasteiger partial charge in [-0.3, -0.25) is 4.79 Å². The Morgan fingerprint density at radius 3 is 2.55 bits per heavy atom. The number of fused-ring (bicyclic) bond motifs is 1. The summed E-state index contributed by atoms with van der Waals surface area (Å²) in [6.07, 6.45) is -3.61. The molecule has 4 rings (SSSR count). The highest BCUT2D eigenvalue weighted by Gasteiger charge is 2.47. The van der Waals surface area contributed by atoms with Crippen molar-refractivity contribution in [2.75, 3.05) is 45.8 Å². The normalized spacial score (nSPS) is 21.3. The molecule has 0 radical (unpaired) electrons. The van der Waals surface area contributed by atoms with E-state index in [2.05, 4.69) is 10.4 Å². The van der Waals surface area contributed by atoms with E-state index in [1.807, 2.05) is 0 Å². The highest BCUT2D eigenvalue weighted by atomic mass is 19.4. The van der Waals surface area contributed by atoms with E-state index in [4.69, 9.17) is 14.2 Å². The highest BCUT2D eigenvalue weighted by molar-refractivity contribution is 5.99. The third kappa shape index (κ3) is 4.01. The first-order chi connectivity index (χ1) is 14.8. The Hall–Kier alpha value is -2.95. The highest BCUT2D eigenvalue weighted by Crippen LogP contribution is 2.45. The summed E-state index contributed by atoms with van der Waals surface area (Å²) in [5.74, 6) is 0.576. The molecule has 31 heavy (non-hydrogen) atoms. The Morgan fingerprint density at radius 2 is 1.90 bits per heavy atom. The van der Waals surface area contributed by atoms with Gasteiger partial charge in [-0.15, -0.1) is 0 Å². The van der Waals surface area contributed by atoms with Gasteiger partial charge in [0.25, 0.3) is 5.91 Å². The molecule has 2 atom stereocenters. The fourth-order valence-corrected chi connectivity index (χ4v) is 3.94. The smallest absolute Gasteiger partial charge is 0.410 e. The van der Waals surface area contributed by atoms with Crippen molar-refractivity contribution in [1.29, 1.82) is 0 Å². The van der Waals surface area contributed by atoms with Gasteiger partial charge < -0.3 is 24.4 Å². The zero-order chi connectivity index (χ0) is 22.2. The third-order valence-electron chi connectivity index (χ3n) is 5.58. The summed E-state index contributed by atoms with van der Waals surface area (Å²) in [6.45, 7) is 1.54. The standard InChI is InChI=1S/C20H23F3N4O4/c1-29-15-4-3-12(9-16(15)30-2)14-10-17(20(21,22)23)27-18(25-14)13(11-24-27)19(28)26-5-7-31-8-6-26/h3-4,9,11,14,17,25H,5-8,10H2,1-2H3/t14-,17-/m0/s1. The van der Waals surface area contributed by atoms with Gasteiger partial charge in [-0.05, 0) is 17.7 Å². The van der Waals surface area contributed by atoms with Crippen LogP contribution in [0, 0.1) is 0 Å². The van der Waals surface area contributed by atoms with Crippen LogP contribution < -0.4 is 14.8 Å². The summed E-state index contributed by atoms with van der Waals surface area (Å²) in [4.78, 5) is 14.5. The molecule has 1 amide bonds. The third-order valence-corrected chi connectivity index (χ3v) is 5.58. The number of ether oxygens (including phenoxy) is 3. The van der Waals surface area contributed by atoms with E-state index in [9.17, 15) is 18.0 Å². The number of amides is 1. The topological polar surface area (TPSA) is 77.9 Å². The van der Waals surface area contributed by atoms with Crippen molar-refractivity contribution in [2.45, 2.75) is 24.7 Å². The van der Waals surface area contributed by atoms with Crippen LogP contribution in [0.1, 0.15) is 34.4 Å². The second-order valence-electron chi connectivity index (χ2n) is 7.36. The quantitative estimate of drug-likeness (QED) is 0.788. The van der Waals surface area contributed by atoms with Gasteiger partial charge in [0.2, 0.25) is 0 Å². The molecule has 168 valence electrons. The maximum atomic E-state index is 13.9. The second kappa shape index (κ2) is 8.29. The molecule has 1 aromatic heterocycles. The molecule has 0 aliphatic carbocycles. The van der Waals surface area contributed by atoms with Gasteiger partial charge in [0, 0.05) is 19.5 Å². The zero-order valence-corrected chi connectivity index (χ0v) is 17.1. The second-order valence-corrected chi connectivity index (χ2v) is 7.36. The van der Waals surface area contributed by atoms with E-state index < -0.39 is 18.3 Å². The minimum absolute atomic E-state index is 0.0600. The molecule has 2 aliphatic heterocycles. The van der Waals surface area contributed by atoms with Gasteiger partial charge in [-0.2, -0.15) is 18.3 Å². The van der Waals surface area contributed by atoms with E-state index in [0.717, 1.165) is 4.68 Å². The summed E-state index contributed by atoms with van der Waals surface area (Å²) in [6, 6.07) is 2.39. The van der Waals surface area contributed by atoms with E-state index >= 15 is 0 Å². The summed E-state index contributed by atoms with van der Waals surface area (Å²) in [5, 5.41) is 7.02. The first-order valence-corrected chi connectivity index (χ1v) is 9.83. The van der Waals surface area contributed by atoms with Gasteiger partial charge >= 0.3 is 6.18 Å². The number of methoxy groups -OCH3 is 2. The fourth-order valence-electron chi connectivity index (χ4n) is 3.94. The summed E-state index contributed by atoms with van der Waals surface area (Å²) in [5.41, 5.74) is 0.699. The lowest BCUT2D eigenvalue weighted by Crippen LogP contribution is -2.41. The Labute approximate surface area is 176 Å². The SMILES string of the molecule is COc1ccc([C@@H]2C[C@@H](C(F)(F)F)n3ncc(C(=O)N4CCOCC4)c3N2)cc1OC. The van der Waals surface area contributed by atoms with Gasteiger partial charge in [-0.1, -0.05) is 6.07 Å². The molecule has 11 heteroatoms. The molecule has 0 unspecified atom stereocenters. The predicted molar refractivity (Wildman–Crippen MR) is 105 cm³/mol. The molecule has 1 saturated heterocycles. The Morgan fingerprint density at radius 1 is 1.19 bits per heavy atom. The van der Waals surface area contributed by atoms with Gasteiger partial charge in [0.1, 0.15) is 11.4 Å². The predicted octanol–water partition coefficient (Wildman–Crippen LogP) is 3.03. The molecule has 0 spiro atoms. The Balaban J connectivity index is 1.71. The lowest BCUT2D eigenvalue weighted by Gasteiger charge is -2.34. The average molecular weight is 440 g/mol. The van der Waals surface area contributed by atoms with E-state index in [0.29, 0.717) is 43.4 Å². The number of nitrogens with one attached hydrogen (secondary N) is 1. The molecule has 1 aromatic carbocycles. The maximum Gasteiger partial charge on any atom is 0.410 e. The van der Waals surface area contributed by atoms with Gasteiger partial charge in [-0.25, -0.2) is 4.68 Å². The number of hydrogen-bond acceptors (Lipinski definition) is 6. The molecule has 1 fully saturated rings. The molecule has 2 aromatic rings. The van der Waals surface area contributed by atoms with Crippen LogP contribution in [-0.4, -0.2) is 67.3 Å². The summed E-state index contributed by atoms with van der Waals surface area (Å²) in [7, 11) is 2.95. The molecule has 0 bridgehead atoms. The largest absolute Gasteiger partial charge is 0.493 e. The molecule has 8 nitrogen and oxygen atoms in total. The van der Waals surface area contributed by atoms with Gasteiger partial charge in [0.05, 0.1) is 39.7 Å². The minimum atomic E-state index is -4.53. The minimum Gasteiger partial charge on any atom is -0.493 e. The maximum absolute atomic E-state index is 13.9. The van der Waals surface area contributed by atoms with Crippen molar-refractivity contribution in [3.8, 4) is 11.5 Å². The van der Waals surface area contributed by atoms with Crippen LogP contribution in [-0.2, 0) is 4.74 Å². The van der Waals surface area contributed by atoms with E-state index in [-0.39, 0.29) is 23.7 Å². The first kappa shape index (κ1) is 21.3. The van der Waals surface area contributed by atoms with Crippen molar-refractivity contribution < 1.29 is 32.2 Å².